The first-order chi connectivity index (χ1) is 9.33. The SMILES string of the molecule is CCCN1CCCN(c2cc(OCC)ncn2)CC1. The first-order valence-corrected chi connectivity index (χ1v) is 7.25. The van der Waals surface area contributed by atoms with Crippen molar-refractivity contribution in [3.05, 3.63) is 12.4 Å². The van der Waals surface area contributed by atoms with Crippen molar-refractivity contribution in [3.8, 4) is 5.88 Å². The van der Waals surface area contributed by atoms with Crippen LogP contribution in [0.3, 0.4) is 0 Å². The van der Waals surface area contributed by atoms with Gasteiger partial charge in [-0.05, 0) is 32.9 Å². The van der Waals surface area contributed by atoms with Crippen molar-refractivity contribution in [2.75, 3.05) is 44.2 Å². The van der Waals surface area contributed by atoms with Gasteiger partial charge in [0.15, 0.2) is 0 Å². The van der Waals surface area contributed by atoms with E-state index in [1.807, 2.05) is 13.0 Å². The van der Waals surface area contributed by atoms with E-state index in [2.05, 4.69) is 26.7 Å². The molecule has 1 aromatic rings. The van der Waals surface area contributed by atoms with Crippen molar-refractivity contribution in [1.29, 1.82) is 0 Å². The van der Waals surface area contributed by atoms with Gasteiger partial charge in [0.25, 0.3) is 0 Å². The van der Waals surface area contributed by atoms with Gasteiger partial charge in [-0.2, -0.15) is 0 Å². The van der Waals surface area contributed by atoms with Gasteiger partial charge in [-0.3, -0.25) is 0 Å². The van der Waals surface area contributed by atoms with Crippen LogP contribution in [0.5, 0.6) is 5.88 Å². The highest BCUT2D eigenvalue weighted by molar-refractivity contribution is 5.40. The molecule has 19 heavy (non-hydrogen) atoms. The lowest BCUT2D eigenvalue weighted by Gasteiger charge is -2.22. The van der Waals surface area contributed by atoms with Gasteiger partial charge >= 0.3 is 0 Å². The van der Waals surface area contributed by atoms with Crippen LogP contribution in [-0.4, -0.2) is 54.2 Å². The molecular formula is C14H24N4O. The van der Waals surface area contributed by atoms with Crippen LogP contribution in [0.15, 0.2) is 12.4 Å². The zero-order chi connectivity index (χ0) is 13.5. The van der Waals surface area contributed by atoms with E-state index in [4.69, 9.17) is 4.74 Å². The van der Waals surface area contributed by atoms with E-state index in [-0.39, 0.29) is 0 Å². The molecule has 0 amide bonds. The van der Waals surface area contributed by atoms with E-state index in [1.165, 1.54) is 25.9 Å². The topological polar surface area (TPSA) is 41.5 Å². The van der Waals surface area contributed by atoms with E-state index in [0.717, 1.165) is 25.5 Å². The normalized spacial score (nSPS) is 17.3. The average molecular weight is 264 g/mol. The summed E-state index contributed by atoms with van der Waals surface area (Å²) >= 11 is 0. The van der Waals surface area contributed by atoms with Gasteiger partial charge in [0.2, 0.25) is 5.88 Å². The maximum Gasteiger partial charge on any atom is 0.218 e. The lowest BCUT2D eigenvalue weighted by Crippen LogP contribution is -2.31. The molecule has 5 heteroatoms. The number of nitrogens with zero attached hydrogens (tertiary/aromatic N) is 4. The number of aromatic nitrogens is 2. The Labute approximate surface area is 115 Å². The van der Waals surface area contributed by atoms with Gasteiger partial charge < -0.3 is 14.5 Å². The minimum atomic E-state index is 0.640. The molecular weight excluding hydrogens is 240 g/mol. The van der Waals surface area contributed by atoms with Gasteiger partial charge in [-0.25, -0.2) is 9.97 Å². The molecule has 0 atom stereocenters. The summed E-state index contributed by atoms with van der Waals surface area (Å²) < 4.78 is 5.44. The Morgan fingerprint density at radius 1 is 1.16 bits per heavy atom. The summed E-state index contributed by atoms with van der Waals surface area (Å²) in [6, 6.07) is 1.94. The molecule has 0 aromatic carbocycles. The fraction of sp³-hybridized carbons (Fsp3) is 0.714. The Hall–Kier alpha value is -1.36. The van der Waals surface area contributed by atoms with Gasteiger partial charge in [0.05, 0.1) is 6.61 Å². The van der Waals surface area contributed by atoms with Crippen molar-refractivity contribution in [2.45, 2.75) is 26.7 Å². The summed E-state index contributed by atoms with van der Waals surface area (Å²) in [5, 5.41) is 0. The van der Waals surface area contributed by atoms with Gasteiger partial charge in [-0.1, -0.05) is 6.92 Å². The minimum absolute atomic E-state index is 0.640. The third kappa shape index (κ3) is 4.06. The summed E-state index contributed by atoms with van der Waals surface area (Å²) in [7, 11) is 0. The Kier molecular flexibility index (Phi) is 5.39. The predicted octanol–water partition coefficient (Wildman–Crippen LogP) is 1.80. The molecule has 0 bridgehead atoms. The third-order valence-corrected chi connectivity index (χ3v) is 3.37. The number of hydrogen-bond acceptors (Lipinski definition) is 5. The minimum Gasteiger partial charge on any atom is -0.478 e. The fourth-order valence-electron chi connectivity index (χ4n) is 2.47. The first kappa shape index (κ1) is 14.1. The molecule has 1 aliphatic rings. The summed E-state index contributed by atoms with van der Waals surface area (Å²) in [4.78, 5) is 13.4. The van der Waals surface area contributed by atoms with Crippen LogP contribution in [0, 0.1) is 0 Å². The average Bonchev–Trinajstić information content (AvgIpc) is 2.66. The standard InChI is InChI=1S/C14H24N4O/c1-3-6-17-7-5-8-18(10-9-17)13-11-14(19-4-2)16-12-15-13/h11-12H,3-10H2,1-2H3. The number of ether oxygens (including phenoxy) is 1. The molecule has 0 N–H and O–H groups in total. The zero-order valence-corrected chi connectivity index (χ0v) is 12.0. The van der Waals surface area contributed by atoms with Crippen LogP contribution in [0.1, 0.15) is 26.7 Å². The van der Waals surface area contributed by atoms with Crippen molar-refractivity contribution < 1.29 is 4.74 Å². The van der Waals surface area contributed by atoms with Crippen LogP contribution in [0.4, 0.5) is 5.82 Å². The van der Waals surface area contributed by atoms with E-state index >= 15 is 0 Å². The highest BCUT2D eigenvalue weighted by Crippen LogP contribution is 2.17. The summed E-state index contributed by atoms with van der Waals surface area (Å²) in [6.45, 7) is 10.4. The number of rotatable bonds is 5. The van der Waals surface area contributed by atoms with Crippen LogP contribution in [0.2, 0.25) is 0 Å². The molecule has 0 aliphatic carbocycles. The number of hydrogen-bond donors (Lipinski definition) is 0. The zero-order valence-electron chi connectivity index (χ0n) is 12.0. The summed E-state index contributed by atoms with van der Waals surface area (Å²) in [5.74, 6) is 1.65. The Morgan fingerprint density at radius 3 is 2.84 bits per heavy atom. The van der Waals surface area contributed by atoms with Crippen molar-refractivity contribution in [2.24, 2.45) is 0 Å². The second-order valence-corrected chi connectivity index (χ2v) is 4.83. The maximum absolute atomic E-state index is 5.44. The molecule has 0 radical (unpaired) electrons. The second-order valence-electron chi connectivity index (χ2n) is 4.83. The Bertz CT molecular complexity index is 385. The molecule has 1 aromatic heterocycles. The molecule has 1 fully saturated rings. The van der Waals surface area contributed by atoms with Crippen LogP contribution in [0.25, 0.3) is 0 Å². The third-order valence-electron chi connectivity index (χ3n) is 3.37. The molecule has 0 unspecified atom stereocenters. The van der Waals surface area contributed by atoms with E-state index in [9.17, 15) is 0 Å². The van der Waals surface area contributed by atoms with E-state index < -0.39 is 0 Å². The van der Waals surface area contributed by atoms with Crippen molar-refractivity contribution >= 4 is 5.82 Å². The summed E-state index contributed by atoms with van der Waals surface area (Å²) in [5.41, 5.74) is 0. The van der Waals surface area contributed by atoms with Crippen molar-refractivity contribution in [3.63, 3.8) is 0 Å². The van der Waals surface area contributed by atoms with Gasteiger partial charge in [0.1, 0.15) is 12.1 Å². The monoisotopic (exact) mass is 264 g/mol. The molecule has 0 saturated carbocycles. The molecule has 1 aliphatic heterocycles. The first-order valence-electron chi connectivity index (χ1n) is 7.25. The van der Waals surface area contributed by atoms with E-state index in [1.54, 1.807) is 6.33 Å². The quantitative estimate of drug-likeness (QED) is 0.811. The van der Waals surface area contributed by atoms with Gasteiger partial charge in [0, 0.05) is 25.7 Å². The molecule has 1 saturated heterocycles. The van der Waals surface area contributed by atoms with Crippen LogP contribution < -0.4 is 9.64 Å². The highest BCUT2D eigenvalue weighted by Gasteiger charge is 2.15. The molecule has 5 nitrogen and oxygen atoms in total. The second kappa shape index (κ2) is 7.28. The Morgan fingerprint density at radius 2 is 2.05 bits per heavy atom. The van der Waals surface area contributed by atoms with Crippen molar-refractivity contribution in [1.82, 2.24) is 14.9 Å². The van der Waals surface area contributed by atoms with Crippen LogP contribution in [-0.2, 0) is 0 Å². The predicted molar refractivity (Wildman–Crippen MR) is 76.8 cm³/mol. The maximum atomic E-state index is 5.44. The smallest absolute Gasteiger partial charge is 0.218 e. The van der Waals surface area contributed by atoms with Crippen LogP contribution >= 0.6 is 0 Å². The molecule has 106 valence electrons. The molecule has 2 heterocycles. The fourth-order valence-corrected chi connectivity index (χ4v) is 2.47. The Balaban J connectivity index is 1.99. The lowest BCUT2D eigenvalue weighted by molar-refractivity contribution is 0.294. The van der Waals surface area contributed by atoms with Gasteiger partial charge in [-0.15, -0.1) is 0 Å². The molecule has 0 spiro atoms. The highest BCUT2D eigenvalue weighted by atomic mass is 16.5. The molecule has 2 rings (SSSR count). The number of anilines is 1. The largest absolute Gasteiger partial charge is 0.478 e. The van der Waals surface area contributed by atoms with E-state index in [0.29, 0.717) is 12.5 Å². The summed E-state index contributed by atoms with van der Waals surface area (Å²) in [6.07, 6.45) is 4.00. The lowest BCUT2D eigenvalue weighted by atomic mass is 10.3.